The average molecular weight is 582 g/mol. The zero-order valence-corrected chi connectivity index (χ0v) is 24.1. The Hall–Kier alpha value is -2.73. The molecule has 212 valence electrons. The summed E-state index contributed by atoms with van der Waals surface area (Å²) in [5.74, 6) is 0.873. The molecule has 3 aromatic rings. The normalized spacial score (nSPS) is 20.4. The molecule has 1 aliphatic heterocycles. The maximum atomic E-state index is 13.3. The van der Waals surface area contributed by atoms with E-state index in [2.05, 4.69) is 38.3 Å². The van der Waals surface area contributed by atoms with E-state index in [1.165, 1.54) is 27.2 Å². The van der Waals surface area contributed by atoms with Crippen LogP contribution in [0.1, 0.15) is 61.7 Å². The van der Waals surface area contributed by atoms with Crippen molar-refractivity contribution in [2.45, 2.75) is 67.1 Å². The van der Waals surface area contributed by atoms with Gasteiger partial charge >= 0.3 is 0 Å². The van der Waals surface area contributed by atoms with E-state index in [-0.39, 0.29) is 28.6 Å². The number of aryl methyl sites for hydroxylation is 1. The minimum absolute atomic E-state index is 0.0205. The number of ether oxygens (including phenoxy) is 1. The lowest BCUT2D eigenvalue weighted by Gasteiger charge is -2.26. The zero-order valence-electron chi connectivity index (χ0n) is 22.5. The number of hydrogen-bond donors (Lipinski definition) is 1. The minimum Gasteiger partial charge on any atom is -0.379 e. The number of benzene rings is 2. The standard InChI is InChI=1S/C29H35N5O4S2/c35-27(30-26-14-6-8-21-7-1-4-13-25(21)26)20-39-29-32-31-28(34(29)23-10-2-3-11-23)22-9-5-12-24(19-22)40(36,37)33-15-17-38-18-16-33/h1,4-5,7,9,12-13,19,23,26H,2-3,6,8,10-11,14-18,20H2,(H,30,35)/t26-/m1/s1. The van der Waals surface area contributed by atoms with Gasteiger partial charge in [0.2, 0.25) is 15.9 Å². The van der Waals surface area contributed by atoms with Gasteiger partial charge in [-0.2, -0.15) is 4.31 Å². The van der Waals surface area contributed by atoms with Gasteiger partial charge in [-0.1, -0.05) is 61.0 Å². The van der Waals surface area contributed by atoms with Gasteiger partial charge < -0.3 is 10.1 Å². The predicted octanol–water partition coefficient (Wildman–Crippen LogP) is 4.37. The molecule has 1 amide bonds. The number of hydrogen-bond acceptors (Lipinski definition) is 7. The molecule has 2 heterocycles. The molecule has 40 heavy (non-hydrogen) atoms. The van der Waals surface area contributed by atoms with Gasteiger partial charge in [-0.25, -0.2) is 8.42 Å². The molecular formula is C29H35N5O4S2. The Labute approximate surface area is 239 Å². The van der Waals surface area contributed by atoms with Crippen LogP contribution in [0, 0.1) is 0 Å². The molecule has 1 N–H and O–H groups in total. The third kappa shape index (κ3) is 5.70. The van der Waals surface area contributed by atoms with Crippen LogP contribution in [0.4, 0.5) is 0 Å². The number of sulfonamides is 1. The van der Waals surface area contributed by atoms with E-state index in [1.54, 1.807) is 18.2 Å². The molecular weight excluding hydrogens is 546 g/mol. The Kier molecular flexibility index (Phi) is 8.25. The number of aromatic nitrogens is 3. The highest BCUT2D eigenvalue weighted by Crippen LogP contribution is 2.37. The molecule has 9 nitrogen and oxygen atoms in total. The highest BCUT2D eigenvalue weighted by atomic mass is 32.2. The van der Waals surface area contributed by atoms with E-state index in [9.17, 15) is 13.2 Å². The van der Waals surface area contributed by atoms with E-state index < -0.39 is 10.0 Å². The number of carbonyl (C=O) groups excluding carboxylic acids is 1. The SMILES string of the molecule is O=C(CSc1nnc(-c2cccc(S(=O)(=O)N3CCOCC3)c2)n1C1CCCC1)N[C@@H]1CCCc2ccccc21. The quantitative estimate of drug-likeness (QED) is 0.394. The first-order chi connectivity index (χ1) is 19.5. The van der Waals surface area contributed by atoms with Crippen LogP contribution in [0.3, 0.4) is 0 Å². The van der Waals surface area contributed by atoms with Crippen molar-refractivity contribution >= 4 is 27.7 Å². The summed E-state index contributed by atoms with van der Waals surface area (Å²) in [6.45, 7) is 1.49. The van der Waals surface area contributed by atoms with Gasteiger partial charge in [0.25, 0.3) is 0 Å². The lowest BCUT2D eigenvalue weighted by atomic mass is 9.88. The van der Waals surface area contributed by atoms with E-state index >= 15 is 0 Å². The van der Waals surface area contributed by atoms with Gasteiger partial charge in [-0.3, -0.25) is 9.36 Å². The topological polar surface area (TPSA) is 106 Å². The molecule has 11 heteroatoms. The minimum atomic E-state index is -3.64. The third-order valence-corrected chi connectivity index (χ3v) is 10.9. The van der Waals surface area contributed by atoms with Crippen molar-refractivity contribution in [3.8, 4) is 11.4 Å². The smallest absolute Gasteiger partial charge is 0.243 e. The van der Waals surface area contributed by atoms with Crippen molar-refractivity contribution in [2.75, 3.05) is 32.1 Å². The van der Waals surface area contributed by atoms with Gasteiger partial charge in [0.1, 0.15) is 0 Å². The fourth-order valence-corrected chi connectivity index (χ4v) is 8.34. The van der Waals surface area contributed by atoms with Crippen molar-refractivity contribution < 1.29 is 17.9 Å². The molecule has 0 spiro atoms. The molecule has 0 radical (unpaired) electrons. The summed E-state index contributed by atoms with van der Waals surface area (Å²) in [6, 6.07) is 15.6. The van der Waals surface area contributed by atoms with Crippen LogP contribution in [0.5, 0.6) is 0 Å². The molecule has 6 rings (SSSR count). The van der Waals surface area contributed by atoms with Crippen LogP contribution < -0.4 is 5.32 Å². The Morgan fingerprint density at radius 3 is 2.62 bits per heavy atom. The largest absolute Gasteiger partial charge is 0.379 e. The second kappa shape index (κ2) is 12.0. The lowest BCUT2D eigenvalue weighted by Crippen LogP contribution is -2.40. The number of thioether (sulfide) groups is 1. The molecule has 1 aromatic heterocycles. The number of nitrogens with zero attached hydrogens (tertiary/aromatic N) is 4. The Morgan fingerprint density at radius 2 is 1.80 bits per heavy atom. The number of fused-ring (bicyclic) bond motifs is 1. The summed E-state index contributed by atoms with van der Waals surface area (Å²) in [7, 11) is -3.64. The summed E-state index contributed by atoms with van der Waals surface area (Å²) < 4.78 is 35.6. The molecule has 2 fully saturated rings. The molecule has 0 unspecified atom stereocenters. The highest BCUT2D eigenvalue weighted by molar-refractivity contribution is 7.99. The molecule has 2 aliphatic carbocycles. The second-order valence-electron chi connectivity index (χ2n) is 10.7. The van der Waals surface area contributed by atoms with Gasteiger partial charge in [0, 0.05) is 24.7 Å². The molecule has 3 aliphatic rings. The van der Waals surface area contributed by atoms with Crippen molar-refractivity contribution in [1.29, 1.82) is 0 Å². The van der Waals surface area contributed by atoms with E-state index in [0.717, 1.165) is 44.9 Å². The van der Waals surface area contributed by atoms with Crippen LogP contribution in [-0.2, 0) is 26.0 Å². The zero-order chi connectivity index (χ0) is 27.5. The monoisotopic (exact) mass is 581 g/mol. The molecule has 0 bridgehead atoms. The van der Waals surface area contributed by atoms with E-state index in [1.807, 2.05) is 12.1 Å². The van der Waals surface area contributed by atoms with Gasteiger partial charge in [0.15, 0.2) is 11.0 Å². The second-order valence-corrected chi connectivity index (χ2v) is 13.5. The average Bonchev–Trinajstić information content (AvgIpc) is 3.67. The maximum Gasteiger partial charge on any atom is 0.243 e. The number of nitrogens with one attached hydrogen (secondary N) is 1. The first-order valence-corrected chi connectivity index (χ1v) is 16.6. The van der Waals surface area contributed by atoms with Crippen LogP contribution in [0.15, 0.2) is 58.6 Å². The molecule has 2 aromatic carbocycles. The van der Waals surface area contributed by atoms with Crippen LogP contribution >= 0.6 is 11.8 Å². The van der Waals surface area contributed by atoms with Gasteiger partial charge in [0.05, 0.1) is 29.9 Å². The van der Waals surface area contributed by atoms with Gasteiger partial charge in [-0.05, 0) is 55.4 Å². The van der Waals surface area contributed by atoms with Crippen LogP contribution in [0.2, 0.25) is 0 Å². The van der Waals surface area contributed by atoms with Crippen molar-refractivity contribution in [3.63, 3.8) is 0 Å². The van der Waals surface area contributed by atoms with Crippen LogP contribution in [-0.4, -0.2) is 65.5 Å². The van der Waals surface area contributed by atoms with Crippen LogP contribution in [0.25, 0.3) is 11.4 Å². The summed E-state index contributed by atoms with van der Waals surface area (Å²) in [5.41, 5.74) is 3.24. The number of morpholine rings is 1. The molecule has 1 saturated heterocycles. The highest BCUT2D eigenvalue weighted by Gasteiger charge is 2.29. The van der Waals surface area contributed by atoms with Gasteiger partial charge in [-0.15, -0.1) is 10.2 Å². The lowest BCUT2D eigenvalue weighted by molar-refractivity contribution is -0.119. The molecule has 1 atom stereocenters. The summed E-state index contributed by atoms with van der Waals surface area (Å²) in [6.07, 6.45) is 7.33. The van der Waals surface area contributed by atoms with Crippen molar-refractivity contribution in [1.82, 2.24) is 24.4 Å². The predicted molar refractivity (Wildman–Crippen MR) is 154 cm³/mol. The summed E-state index contributed by atoms with van der Waals surface area (Å²) >= 11 is 1.40. The van der Waals surface area contributed by atoms with E-state index in [4.69, 9.17) is 4.74 Å². The number of amides is 1. The summed E-state index contributed by atoms with van der Waals surface area (Å²) in [5, 5.41) is 12.9. The first-order valence-electron chi connectivity index (χ1n) is 14.1. The maximum absolute atomic E-state index is 13.3. The Morgan fingerprint density at radius 1 is 1.00 bits per heavy atom. The fourth-order valence-electron chi connectivity index (χ4n) is 6.07. The first kappa shape index (κ1) is 27.4. The molecule has 1 saturated carbocycles. The Balaban J connectivity index is 1.22. The Bertz CT molecular complexity index is 1460. The van der Waals surface area contributed by atoms with E-state index in [0.29, 0.717) is 42.8 Å². The number of carbonyl (C=O) groups is 1. The fraction of sp³-hybridized carbons (Fsp3) is 0.483. The summed E-state index contributed by atoms with van der Waals surface area (Å²) in [4.78, 5) is 13.3. The third-order valence-electron chi connectivity index (χ3n) is 8.09. The number of rotatable bonds is 8. The van der Waals surface area contributed by atoms with Crippen molar-refractivity contribution in [2.24, 2.45) is 0 Å². The van der Waals surface area contributed by atoms with Crippen molar-refractivity contribution in [3.05, 3.63) is 59.7 Å².